The number of anilines is 1. The maximum atomic E-state index is 12.3. The fourth-order valence-corrected chi connectivity index (χ4v) is 3.67. The number of aryl methyl sites for hydroxylation is 1. The first-order valence-corrected chi connectivity index (χ1v) is 10.6. The number of hydrogen-bond donors (Lipinski definition) is 1. The molecule has 0 aliphatic carbocycles. The summed E-state index contributed by atoms with van der Waals surface area (Å²) in [5, 5.41) is 2.84. The second kappa shape index (κ2) is 9.41. The van der Waals surface area contributed by atoms with Crippen LogP contribution < -0.4 is 14.4 Å². The van der Waals surface area contributed by atoms with Crippen molar-refractivity contribution in [1.82, 2.24) is 5.32 Å². The molecule has 0 heterocycles. The highest BCUT2D eigenvalue weighted by atomic mass is 32.2. The standard InChI is InChI=1S/C20H26N2O4S/c1-16-9-10-19(26-2)18(15-16)22(27(3,24)25)14-12-20(23)21-13-11-17-7-5-4-6-8-17/h4-10,15H,11-14H2,1-3H3,(H,21,23). The van der Waals surface area contributed by atoms with Gasteiger partial charge in [-0.15, -0.1) is 0 Å². The van der Waals surface area contributed by atoms with Gasteiger partial charge in [0.2, 0.25) is 15.9 Å². The number of carbonyl (C=O) groups excluding carboxylic acids is 1. The molecule has 2 aromatic carbocycles. The van der Waals surface area contributed by atoms with Gasteiger partial charge in [-0.05, 0) is 36.6 Å². The average molecular weight is 391 g/mol. The van der Waals surface area contributed by atoms with Gasteiger partial charge in [0.1, 0.15) is 5.75 Å². The van der Waals surface area contributed by atoms with Gasteiger partial charge in [-0.2, -0.15) is 0 Å². The smallest absolute Gasteiger partial charge is 0.232 e. The monoisotopic (exact) mass is 390 g/mol. The molecule has 0 spiro atoms. The van der Waals surface area contributed by atoms with Crippen LogP contribution in [0.5, 0.6) is 5.75 Å². The molecule has 0 unspecified atom stereocenters. The highest BCUT2D eigenvalue weighted by Gasteiger charge is 2.22. The lowest BCUT2D eigenvalue weighted by molar-refractivity contribution is -0.120. The predicted octanol–water partition coefficient (Wildman–Crippen LogP) is 2.52. The summed E-state index contributed by atoms with van der Waals surface area (Å²) in [4.78, 5) is 12.2. The molecule has 0 fully saturated rings. The van der Waals surface area contributed by atoms with Crippen LogP contribution in [-0.4, -0.2) is 40.8 Å². The van der Waals surface area contributed by atoms with E-state index in [1.807, 2.05) is 43.3 Å². The molecule has 2 rings (SSSR count). The zero-order valence-corrected chi connectivity index (χ0v) is 16.8. The van der Waals surface area contributed by atoms with E-state index >= 15 is 0 Å². The van der Waals surface area contributed by atoms with Crippen LogP contribution in [0.3, 0.4) is 0 Å². The molecule has 1 N–H and O–H groups in total. The summed E-state index contributed by atoms with van der Waals surface area (Å²) in [7, 11) is -2.06. The van der Waals surface area contributed by atoms with Crippen LogP contribution in [0.15, 0.2) is 48.5 Å². The number of hydrogen-bond acceptors (Lipinski definition) is 4. The van der Waals surface area contributed by atoms with E-state index < -0.39 is 10.0 Å². The van der Waals surface area contributed by atoms with Crippen LogP contribution in [0.4, 0.5) is 5.69 Å². The van der Waals surface area contributed by atoms with Crippen molar-refractivity contribution in [2.75, 3.05) is 30.8 Å². The van der Waals surface area contributed by atoms with Crippen molar-refractivity contribution >= 4 is 21.6 Å². The number of nitrogens with one attached hydrogen (secondary N) is 1. The Morgan fingerprint density at radius 3 is 2.48 bits per heavy atom. The number of nitrogens with zero attached hydrogens (tertiary/aromatic N) is 1. The number of amides is 1. The highest BCUT2D eigenvalue weighted by Crippen LogP contribution is 2.31. The maximum Gasteiger partial charge on any atom is 0.232 e. The Kier molecular flexibility index (Phi) is 7.24. The zero-order chi connectivity index (χ0) is 19.9. The highest BCUT2D eigenvalue weighted by molar-refractivity contribution is 7.92. The van der Waals surface area contributed by atoms with Crippen LogP contribution in [0.1, 0.15) is 17.5 Å². The van der Waals surface area contributed by atoms with Crippen molar-refractivity contribution in [3.05, 3.63) is 59.7 Å². The summed E-state index contributed by atoms with van der Waals surface area (Å²) in [5.41, 5.74) is 2.49. The minimum absolute atomic E-state index is 0.0514. The van der Waals surface area contributed by atoms with Gasteiger partial charge >= 0.3 is 0 Å². The minimum Gasteiger partial charge on any atom is -0.495 e. The van der Waals surface area contributed by atoms with Gasteiger partial charge in [0.05, 0.1) is 19.1 Å². The van der Waals surface area contributed by atoms with Gasteiger partial charge in [-0.25, -0.2) is 8.42 Å². The van der Waals surface area contributed by atoms with Gasteiger partial charge in [-0.1, -0.05) is 36.4 Å². The van der Waals surface area contributed by atoms with E-state index in [9.17, 15) is 13.2 Å². The molecule has 1 amide bonds. The summed E-state index contributed by atoms with van der Waals surface area (Å²) >= 11 is 0. The first-order valence-electron chi connectivity index (χ1n) is 8.74. The molecule has 0 aliphatic rings. The van der Waals surface area contributed by atoms with E-state index in [-0.39, 0.29) is 18.9 Å². The molecule has 0 saturated carbocycles. The third-order valence-electron chi connectivity index (χ3n) is 4.12. The van der Waals surface area contributed by atoms with E-state index in [0.717, 1.165) is 23.8 Å². The molecular weight excluding hydrogens is 364 g/mol. The lowest BCUT2D eigenvalue weighted by Gasteiger charge is -2.24. The van der Waals surface area contributed by atoms with Crippen LogP contribution in [0.25, 0.3) is 0 Å². The average Bonchev–Trinajstić information content (AvgIpc) is 2.62. The van der Waals surface area contributed by atoms with Crippen LogP contribution in [0, 0.1) is 6.92 Å². The summed E-state index contributed by atoms with van der Waals surface area (Å²) in [6.07, 6.45) is 1.93. The Hall–Kier alpha value is -2.54. The summed E-state index contributed by atoms with van der Waals surface area (Å²) < 4.78 is 31.0. The van der Waals surface area contributed by atoms with Crippen molar-refractivity contribution in [3.63, 3.8) is 0 Å². The number of methoxy groups -OCH3 is 1. The fourth-order valence-electron chi connectivity index (χ4n) is 2.74. The lowest BCUT2D eigenvalue weighted by Crippen LogP contribution is -2.35. The summed E-state index contributed by atoms with van der Waals surface area (Å²) in [5.74, 6) is 0.265. The van der Waals surface area contributed by atoms with Crippen molar-refractivity contribution in [2.24, 2.45) is 0 Å². The largest absolute Gasteiger partial charge is 0.495 e. The second-order valence-electron chi connectivity index (χ2n) is 6.35. The van der Waals surface area contributed by atoms with Crippen LogP contribution >= 0.6 is 0 Å². The molecule has 6 nitrogen and oxygen atoms in total. The van der Waals surface area contributed by atoms with Crippen molar-refractivity contribution in [1.29, 1.82) is 0 Å². The van der Waals surface area contributed by atoms with Gasteiger partial charge in [0, 0.05) is 19.5 Å². The molecular formula is C20H26N2O4S. The Morgan fingerprint density at radius 2 is 1.85 bits per heavy atom. The number of carbonyl (C=O) groups is 1. The van der Waals surface area contributed by atoms with Crippen molar-refractivity contribution in [2.45, 2.75) is 19.8 Å². The molecule has 0 aliphatic heterocycles. The molecule has 27 heavy (non-hydrogen) atoms. The van der Waals surface area contributed by atoms with Crippen LogP contribution in [-0.2, 0) is 21.2 Å². The summed E-state index contributed by atoms with van der Waals surface area (Å²) in [6, 6.07) is 15.2. The van der Waals surface area contributed by atoms with E-state index in [0.29, 0.717) is 18.0 Å². The van der Waals surface area contributed by atoms with E-state index in [2.05, 4.69) is 5.32 Å². The number of benzene rings is 2. The Balaban J connectivity index is 1.99. The number of ether oxygens (including phenoxy) is 1. The van der Waals surface area contributed by atoms with Gasteiger partial charge < -0.3 is 10.1 Å². The molecule has 146 valence electrons. The molecule has 0 saturated heterocycles. The van der Waals surface area contributed by atoms with E-state index in [1.54, 1.807) is 12.1 Å². The SMILES string of the molecule is COc1ccc(C)cc1N(CCC(=O)NCCc1ccccc1)S(C)(=O)=O. The molecule has 0 radical (unpaired) electrons. The molecule has 7 heteroatoms. The number of rotatable bonds is 9. The first kappa shape index (κ1) is 20.8. The predicted molar refractivity (Wildman–Crippen MR) is 108 cm³/mol. The van der Waals surface area contributed by atoms with Gasteiger partial charge in [0.15, 0.2) is 0 Å². The minimum atomic E-state index is -3.55. The summed E-state index contributed by atoms with van der Waals surface area (Å²) in [6.45, 7) is 2.44. The third-order valence-corrected chi connectivity index (χ3v) is 5.30. The molecule has 0 bridgehead atoms. The Bertz CT molecular complexity index is 867. The maximum absolute atomic E-state index is 12.3. The van der Waals surface area contributed by atoms with Gasteiger partial charge in [0.25, 0.3) is 0 Å². The Morgan fingerprint density at radius 1 is 1.15 bits per heavy atom. The van der Waals surface area contributed by atoms with Crippen molar-refractivity contribution < 1.29 is 17.9 Å². The van der Waals surface area contributed by atoms with Crippen LogP contribution in [0.2, 0.25) is 0 Å². The van der Waals surface area contributed by atoms with E-state index in [4.69, 9.17) is 4.74 Å². The molecule has 2 aromatic rings. The Labute approximate surface area is 161 Å². The van der Waals surface area contributed by atoms with Crippen molar-refractivity contribution in [3.8, 4) is 5.75 Å². The zero-order valence-electron chi connectivity index (χ0n) is 15.9. The number of sulfonamides is 1. The lowest BCUT2D eigenvalue weighted by atomic mass is 10.1. The van der Waals surface area contributed by atoms with Gasteiger partial charge in [-0.3, -0.25) is 9.10 Å². The fraction of sp³-hybridized carbons (Fsp3) is 0.350. The topological polar surface area (TPSA) is 75.7 Å². The normalized spacial score (nSPS) is 11.1. The molecule has 0 atom stereocenters. The first-order chi connectivity index (χ1) is 12.8. The molecule has 0 aromatic heterocycles. The quantitative estimate of drug-likeness (QED) is 0.714. The van der Waals surface area contributed by atoms with E-state index in [1.165, 1.54) is 11.4 Å². The third kappa shape index (κ3) is 6.29. The second-order valence-corrected chi connectivity index (χ2v) is 8.25.